The molecule has 3 aromatic carbocycles. The van der Waals surface area contributed by atoms with Crippen molar-refractivity contribution in [1.82, 2.24) is 0 Å². The van der Waals surface area contributed by atoms with Crippen molar-refractivity contribution in [3.63, 3.8) is 0 Å². The topological polar surface area (TPSA) is 50.4 Å². The zero-order valence-electron chi connectivity index (χ0n) is 14.8. The molecule has 0 unspecified atom stereocenters. The Morgan fingerprint density at radius 2 is 1.52 bits per heavy atom. The van der Waals surface area contributed by atoms with Crippen LogP contribution in [0.2, 0.25) is 5.02 Å². The predicted molar refractivity (Wildman–Crippen MR) is 110 cm³/mol. The molecule has 0 saturated carbocycles. The summed E-state index contributed by atoms with van der Waals surface area (Å²) in [4.78, 5) is 12.0. The molecule has 0 spiro atoms. The molecule has 0 aliphatic rings. The molecule has 27 heavy (non-hydrogen) atoms. The summed E-state index contributed by atoms with van der Waals surface area (Å²) in [6.07, 6.45) is 0.297. The molecular weight excluding hydrogens is 360 g/mol. The second kappa shape index (κ2) is 9.64. The summed E-state index contributed by atoms with van der Waals surface area (Å²) < 4.78 is 5.54. The minimum atomic E-state index is -0.0761. The van der Waals surface area contributed by atoms with E-state index in [9.17, 15) is 4.79 Å². The van der Waals surface area contributed by atoms with Gasteiger partial charge in [-0.05, 0) is 54.1 Å². The fourth-order valence-corrected chi connectivity index (χ4v) is 2.61. The van der Waals surface area contributed by atoms with Gasteiger partial charge in [-0.15, -0.1) is 0 Å². The lowest BCUT2D eigenvalue weighted by Crippen LogP contribution is -2.15. The highest BCUT2D eigenvalue weighted by Gasteiger charge is 2.03. The van der Waals surface area contributed by atoms with Crippen molar-refractivity contribution in [3.05, 3.63) is 89.4 Å². The van der Waals surface area contributed by atoms with Crippen LogP contribution in [-0.4, -0.2) is 12.5 Å². The number of nitrogens with one attached hydrogen (secondary N) is 2. The van der Waals surface area contributed by atoms with Crippen molar-refractivity contribution >= 4 is 28.9 Å². The van der Waals surface area contributed by atoms with Gasteiger partial charge in [0.25, 0.3) is 0 Å². The number of halogens is 1. The quantitative estimate of drug-likeness (QED) is 0.553. The standard InChI is InChI=1S/C22H21ClN2O2/c23-18-8-6-17(7-9-18)16-24-19-10-12-20(13-11-19)25-22(26)14-15-27-21-4-2-1-3-5-21/h1-13,24H,14-16H2,(H,25,26). The number of rotatable bonds is 8. The first kappa shape index (κ1) is 18.8. The van der Waals surface area contributed by atoms with Crippen molar-refractivity contribution in [2.45, 2.75) is 13.0 Å². The van der Waals surface area contributed by atoms with E-state index in [4.69, 9.17) is 16.3 Å². The highest BCUT2D eigenvalue weighted by molar-refractivity contribution is 6.30. The van der Waals surface area contributed by atoms with Crippen molar-refractivity contribution in [1.29, 1.82) is 0 Å². The van der Waals surface area contributed by atoms with Gasteiger partial charge in [0.15, 0.2) is 0 Å². The van der Waals surface area contributed by atoms with Gasteiger partial charge in [0.05, 0.1) is 13.0 Å². The van der Waals surface area contributed by atoms with E-state index in [-0.39, 0.29) is 5.91 Å². The summed E-state index contributed by atoms with van der Waals surface area (Å²) in [7, 11) is 0. The maximum absolute atomic E-state index is 12.0. The molecule has 138 valence electrons. The van der Waals surface area contributed by atoms with Crippen LogP contribution in [0.25, 0.3) is 0 Å². The van der Waals surface area contributed by atoms with E-state index >= 15 is 0 Å². The predicted octanol–water partition coefficient (Wildman–Crippen LogP) is 5.36. The van der Waals surface area contributed by atoms with Gasteiger partial charge in [-0.25, -0.2) is 0 Å². The van der Waals surface area contributed by atoms with Gasteiger partial charge >= 0.3 is 0 Å². The molecule has 3 rings (SSSR count). The number of anilines is 2. The van der Waals surface area contributed by atoms with Gasteiger partial charge in [0.1, 0.15) is 5.75 Å². The number of amides is 1. The van der Waals surface area contributed by atoms with Crippen molar-refractivity contribution < 1.29 is 9.53 Å². The van der Waals surface area contributed by atoms with Crippen LogP contribution >= 0.6 is 11.6 Å². The lowest BCUT2D eigenvalue weighted by molar-refractivity contribution is -0.116. The van der Waals surface area contributed by atoms with Crippen LogP contribution in [0.1, 0.15) is 12.0 Å². The number of benzene rings is 3. The number of carbonyl (C=O) groups is 1. The average molecular weight is 381 g/mol. The number of hydrogen-bond acceptors (Lipinski definition) is 3. The van der Waals surface area contributed by atoms with E-state index in [0.717, 1.165) is 27.7 Å². The number of ether oxygens (including phenoxy) is 1. The van der Waals surface area contributed by atoms with Crippen LogP contribution in [0.5, 0.6) is 5.75 Å². The molecule has 3 aromatic rings. The molecule has 0 fully saturated rings. The first-order valence-electron chi connectivity index (χ1n) is 8.75. The molecule has 1 amide bonds. The Morgan fingerprint density at radius 3 is 2.22 bits per heavy atom. The van der Waals surface area contributed by atoms with Crippen LogP contribution in [-0.2, 0) is 11.3 Å². The molecule has 0 aliphatic carbocycles. The zero-order chi connectivity index (χ0) is 18.9. The van der Waals surface area contributed by atoms with E-state index in [0.29, 0.717) is 19.6 Å². The van der Waals surface area contributed by atoms with Crippen LogP contribution in [0.3, 0.4) is 0 Å². The Balaban J connectivity index is 1.41. The van der Waals surface area contributed by atoms with Gasteiger partial charge in [0, 0.05) is 22.9 Å². The van der Waals surface area contributed by atoms with E-state index in [1.807, 2.05) is 78.9 Å². The maximum atomic E-state index is 12.0. The van der Waals surface area contributed by atoms with Crippen molar-refractivity contribution in [2.24, 2.45) is 0 Å². The monoisotopic (exact) mass is 380 g/mol. The number of hydrogen-bond donors (Lipinski definition) is 2. The largest absolute Gasteiger partial charge is 0.493 e. The molecule has 0 heterocycles. The van der Waals surface area contributed by atoms with Gasteiger partial charge < -0.3 is 15.4 Å². The molecule has 2 N–H and O–H groups in total. The molecule has 0 aliphatic heterocycles. The average Bonchev–Trinajstić information content (AvgIpc) is 2.69. The third-order valence-corrected chi connectivity index (χ3v) is 4.17. The highest BCUT2D eigenvalue weighted by atomic mass is 35.5. The molecule has 0 aromatic heterocycles. The van der Waals surface area contributed by atoms with Crippen molar-refractivity contribution in [3.8, 4) is 5.75 Å². The molecule has 0 bridgehead atoms. The minimum Gasteiger partial charge on any atom is -0.493 e. The highest BCUT2D eigenvalue weighted by Crippen LogP contribution is 2.16. The fraction of sp³-hybridized carbons (Fsp3) is 0.136. The molecule has 0 atom stereocenters. The van der Waals surface area contributed by atoms with Gasteiger partial charge in [-0.3, -0.25) is 4.79 Å². The second-order valence-corrected chi connectivity index (χ2v) is 6.45. The van der Waals surface area contributed by atoms with Crippen molar-refractivity contribution in [2.75, 3.05) is 17.2 Å². The summed E-state index contributed by atoms with van der Waals surface area (Å²) >= 11 is 5.89. The lowest BCUT2D eigenvalue weighted by Gasteiger charge is -2.09. The third kappa shape index (κ3) is 6.35. The lowest BCUT2D eigenvalue weighted by atomic mass is 10.2. The molecule has 0 saturated heterocycles. The summed E-state index contributed by atoms with van der Waals surface area (Å²) in [5, 5.41) is 6.94. The fourth-order valence-electron chi connectivity index (χ4n) is 2.48. The maximum Gasteiger partial charge on any atom is 0.227 e. The zero-order valence-corrected chi connectivity index (χ0v) is 15.6. The van der Waals surface area contributed by atoms with Crippen LogP contribution in [0.15, 0.2) is 78.9 Å². The number of carbonyl (C=O) groups excluding carboxylic acids is 1. The molecule has 0 radical (unpaired) electrons. The molecule has 5 heteroatoms. The van der Waals surface area contributed by atoms with E-state index in [2.05, 4.69) is 10.6 Å². The summed E-state index contributed by atoms with van der Waals surface area (Å²) in [5.41, 5.74) is 2.89. The number of para-hydroxylation sites is 1. The summed E-state index contributed by atoms with van der Waals surface area (Å²) in [6, 6.07) is 24.8. The smallest absolute Gasteiger partial charge is 0.227 e. The summed E-state index contributed by atoms with van der Waals surface area (Å²) in [6.45, 7) is 1.05. The Hall–Kier alpha value is -2.98. The van der Waals surface area contributed by atoms with E-state index < -0.39 is 0 Å². The Bertz CT molecular complexity index is 850. The molecular formula is C22H21ClN2O2. The van der Waals surface area contributed by atoms with E-state index in [1.165, 1.54) is 0 Å². The van der Waals surface area contributed by atoms with Gasteiger partial charge in [0.2, 0.25) is 5.91 Å². The Labute approximate surface area is 164 Å². The Kier molecular flexibility index (Phi) is 6.72. The first-order chi connectivity index (χ1) is 13.2. The Morgan fingerprint density at radius 1 is 0.852 bits per heavy atom. The first-order valence-corrected chi connectivity index (χ1v) is 9.13. The SMILES string of the molecule is O=C(CCOc1ccccc1)Nc1ccc(NCc2ccc(Cl)cc2)cc1. The normalized spacial score (nSPS) is 10.3. The minimum absolute atomic E-state index is 0.0761. The molecule has 4 nitrogen and oxygen atoms in total. The van der Waals surface area contributed by atoms with E-state index in [1.54, 1.807) is 0 Å². The van der Waals surface area contributed by atoms with Gasteiger partial charge in [-0.2, -0.15) is 0 Å². The van der Waals surface area contributed by atoms with Crippen LogP contribution in [0.4, 0.5) is 11.4 Å². The second-order valence-electron chi connectivity index (χ2n) is 6.02. The van der Waals surface area contributed by atoms with Gasteiger partial charge in [-0.1, -0.05) is 41.9 Å². The van der Waals surface area contributed by atoms with Crippen LogP contribution < -0.4 is 15.4 Å². The summed E-state index contributed by atoms with van der Waals surface area (Å²) in [5.74, 6) is 0.689. The van der Waals surface area contributed by atoms with Crippen LogP contribution in [0, 0.1) is 0 Å². The third-order valence-electron chi connectivity index (χ3n) is 3.92.